The second kappa shape index (κ2) is 7.35. The van der Waals surface area contributed by atoms with E-state index < -0.39 is 0 Å². The quantitative estimate of drug-likeness (QED) is 0.758. The van der Waals surface area contributed by atoms with Crippen molar-refractivity contribution in [1.29, 1.82) is 0 Å². The molecule has 0 saturated carbocycles. The van der Waals surface area contributed by atoms with Gasteiger partial charge < -0.3 is 10.1 Å². The molecular formula is C19H19N5O2. The lowest BCUT2D eigenvalue weighted by Crippen LogP contribution is -2.34. The molecule has 1 aliphatic heterocycles. The maximum atomic E-state index is 12.4. The van der Waals surface area contributed by atoms with Crippen LogP contribution in [0.15, 0.2) is 54.9 Å². The zero-order valence-electron chi connectivity index (χ0n) is 14.2. The predicted octanol–water partition coefficient (Wildman–Crippen LogP) is 1.70. The number of aromatic nitrogens is 4. The molecule has 3 aromatic rings. The number of para-hydroxylation sites is 1. The molecule has 1 aliphatic rings. The molecule has 0 aliphatic carbocycles. The predicted molar refractivity (Wildman–Crippen MR) is 94.8 cm³/mol. The second-order valence-electron chi connectivity index (χ2n) is 6.40. The van der Waals surface area contributed by atoms with Crippen LogP contribution in [0.1, 0.15) is 21.5 Å². The minimum Gasteiger partial charge on any atom is -0.493 e. The summed E-state index contributed by atoms with van der Waals surface area (Å²) in [6.45, 7) is 1.80. The molecule has 0 radical (unpaired) electrons. The number of carbonyl (C=O) groups is 1. The van der Waals surface area contributed by atoms with E-state index in [0.717, 1.165) is 17.7 Å². The average molecular weight is 349 g/mol. The topological polar surface area (TPSA) is 81.9 Å². The summed E-state index contributed by atoms with van der Waals surface area (Å²) in [5, 5.41) is 14.0. The van der Waals surface area contributed by atoms with Gasteiger partial charge in [-0.15, -0.1) is 5.10 Å². The van der Waals surface area contributed by atoms with Crippen molar-refractivity contribution in [3.05, 3.63) is 71.5 Å². The molecule has 1 aromatic heterocycles. The fourth-order valence-corrected chi connectivity index (χ4v) is 3.06. The maximum absolute atomic E-state index is 12.4. The molecule has 0 spiro atoms. The van der Waals surface area contributed by atoms with Gasteiger partial charge in [0.25, 0.3) is 5.91 Å². The number of ether oxygens (including phenoxy) is 1. The number of fused-ring (bicyclic) bond motifs is 1. The lowest BCUT2D eigenvalue weighted by Gasteiger charge is -2.25. The van der Waals surface area contributed by atoms with Gasteiger partial charge in [-0.3, -0.25) is 4.79 Å². The fourth-order valence-electron chi connectivity index (χ4n) is 3.06. The third-order valence-electron chi connectivity index (χ3n) is 4.46. The van der Waals surface area contributed by atoms with Gasteiger partial charge in [-0.2, -0.15) is 0 Å². The summed E-state index contributed by atoms with van der Waals surface area (Å²) < 4.78 is 7.40. The molecule has 0 unspecified atom stereocenters. The lowest BCUT2D eigenvalue weighted by atomic mass is 9.96. The molecule has 1 N–H and O–H groups in total. The smallest absolute Gasteiger partial charge is 0.251 e. The molecule has 7 heteroatoms. The van der Waals surface area contributed by atoms with Gasteiger partial charge in [0.15, 0.2) is 0 Å². The molecule has 1 amide bonds. The van der Waals surface area contributed by atoms with Gasteiger partial charge in [-0.1, -0.05) is 30.3 Å². The third-order valence-corrected chi connectivity index (χ3v) is 4.46. The van der Waals surface area contributed by atoms with Crippen molar-refractivity contribution in [2.75, 3.05) is 13.2 Å². The molecule has 132 valence electrons. The molecule has 26 heavy (non-hydrogen) atoms. The van der Waals surface area contributed by atoms with E-state index >= 15 is 0 Å². The second-order valence-corrected chi connectivity index (χ2v) is 6.40. The standard InChI is InChI=1S/C19H19N5O2/c25-19(16-7-5-14(6-8-16)11-24-13-21-22-23-24)20-10-15-9-17-3-1-2-4-18(17)26-12-15/h1-8,13,15H,9-12H2,(H,20,25)/t15-/m1/s1. The van der Waals surface area contributed by atoms with E-state index in [1.54, 1.807) is 11.0 Å². The van der Waals surface area contributed by atoms with E-state index in [4.69, 9.17) is 4.74 Å². The van der Waals surface area contributed by atoms with E-state index in [2.05, 4.69) is 26.9 Å². The Balaban J connectivity index is 1.31. The van der Waals surface area contributed by atoms with Crippen molar-refractivity contribution in [1.82, 2.24) is 25.5 Å². The summed E-state index contributed by atoms with van der Waals surface area (Å²) in [6, 6.07) is 15.5. The van der Waals surface area contributed by atoms with Gasteiger partial charge in [0.05, 0.1) is 13.2 Å². The van der Waals surface area contributed by atoms with Gasteiger partial charge in [0.1, 0.15) is 12.1 Å². The lowest BCUT2D eigenvalue weighted by molar-refractivity contribution is 0.0939. The zero-order valence-corrected chi connectivity index (χ0v) is 14.2. The van der Waals surface area contributed by atoms with E-state index in [9.17, 15) is 4.79 Å². The van der Waals surface area contributed by atoms with Gasteiger partial charge in [0.2, 0.25) is 0 Å². The number of rotatable bonds is 5. The van der Waals surface area contributed by atoms with Crippen LogP contribution in [0.2, 0.25) is 0 Å². The minimum absolute atomic E-state index is 0.0715. The monoisotopic (exact) mass is 349 g/mol. The molecular weight excluding hydrogens is 330 g/mol. The van der Waals surface area contributed by atoms with E-state index in [1.807, 2.05) is 42.5 Å². The van der Waals surface area contributed by atoms with Crippen LogP contribution in [0.3, 0.4) is 0 Å². The molecule has 2 heterocycles. The molecule has 4 rings (SSSR count). The third kappa shape index (κ3) is 3.72. The van der Waals surface area contributed by atoms with E-state index in [1.165, 1.54) is 5.56 Å². The summed E-state index contributed by atoms with van der Waals surface area (Å²) in [7, 11) is 0. The summed E-state index contributed by atoms with van der Waals surface area (Å²) in [5.74, 6) is 1.17. The molecule has 0 fully saturated rings. The number of hydrogen-bond acceptors (Lipinski definition) is 5. The maximum Gasteiger partial charge on any atom is 0.251 e. The Morgan fingerprint density at radius 2 is 2.04 bits per heavy atom. The van der Waals surface area contributed by atoms with Crippen molar-refractivity contribution in [2.24, 2.45) is 5.92 Å². The molecule has 0 saturated heterocycles. The summed E-state index contributed by atoms with van der Waals surface area (Å²) >= 11 is 0. The SMILES string of the molecule is O=C(NC[C@@H]1COc2ccccc2C1)c1ccc(Cn2cnnn2)cc1. The number of tetrazole rings is 1. The number of hydrogen-bond donors (Lipinski definition) is 1. The molecule has 7 nitrogen and oxygen atoms in total. The van der Waals surface area contributed by atoms with Gasteiger partial charge in [-0.25, -0.2) is 4.68 Å². The number of amides is 1. The Labute approximate surface area is 151 Å². The van der Waals surface area contributed by atoms with Crippen LogP contribution < -0.4 is 10.1 Å². The highest BCUT2D eigenvalue weighted by Gasteiger charge is 2.20. The molecule has 1 atom stereocenters. The first-order valence-electron chi connectivity index (χ1n) is 8.56. The Bertz CT molecular complexity index is 877. The Morgan fingerprint density at radius 3 is 2.85 bits per heavy atom. The Hall–Kier alpha value is -3.22. The highest BCUT2D eigenvalue weighted by atomic mass is 16.5. The normalized spacial score (nSPS) is 15.8. The van der Waals surface area contributed by atoms with E-state index in [-0.39, 0.29) is 11.8 Å². The summed E-state index contributed by atoms with van der Waals surface area (Å²) in [5.41, 5.74) is 2.87. The van der Waals surface area contributed by atoms with Crippen molar-refractivity contribution in [3.63, 3.8) is 0 Å². The zero-order chi connectivity index (χ0) is 17.8. The fraction of sp³-hybridized carbons (Fsp3) is 0.263. The van der Waals surface area contributed by atoms with Crippen LogP contribution in [-0.2, 0) is 13.0 Å². The van der Waals surface area contributed by atoms with Crippen LogP contribution in [0.25, 0.3) is 0 Å². The first-order valence-corrected chi connectivity index (χ1v) is 8.56. The van der Waals surface area contributed by atoms with Crippen LogP contribution in [-0.4, -0.2) is 39.3 Å². The largest absolute Gasteiger partial charge is 0.493 e. The Kier molecular flexibility index (Phi) is 4.59. The number of carbonyl (C=O) groups excluding carboxylic acids is 1. The van der Waals surface area contributed by atoms with Gasteiger partial charge in [0, 0.05) is 18.0 Å². The first kappa shape index (κ1) is 16.3. The van der Waals surface area contributed by atoms with Crippen LogP contribution in [0.4, 0.5) is 0 Å². The molecule has 2 aromatic carbocycles. The number of nitrogens with zero attached hydrogens (tertiary/aromatic N) is 4. The summed E-state index contributed by atoms with van der Waals surface area (Å²) in [6.07, 6.45) is 2.48. The van der Waals surface area contributed by atoms with Crippen LogP contribution in [0, 0.1) is 5.92 Å². The van der Waals surface area contributed by atoms with Crippen LogP contribution in [0.5, 0.6) is 5.75 Å². The van der Waals surface area contributed by atoms with Crippen molar-refractivity contribution in [3.8, 4) is 5.75 Å². The Morgan fingerprint density at radius 1 is 1.19 bits per heavy atom. The van der Waals surface area contributed by atoms with Crippen molar-refractivity contribution >= 4 is 5.91 Å². The minimum atomic E-state index is -0.0715. The average Bonchev–Trinajstić information content (AvgIpc) is 3.19. The molecule has 0 bridgehead atoms. The van der Waals surface area contributed by atoms with Gasteiger partial charge >= 0.3 is 0 Å². The van der Waals surface area contributed by atoms with Gasteiger partial charge in [-0.05, 0) is 46.2 Å². The first-order chi connectivity index (χ1) is 12.8. The summed E-state index contributed by atoms with van der Waals surface area (Å²) in [4.78, 5) is 12.4. The van der Waals surface area contributed by atoms with Crippen molar-refractivity contribution < 1.29 is 9.53 Å². The van der Waals surface area contributed by atoms with Crippen molar-refractivity contribution in [2.45, 2.75) is 13.0 Å². The highest BCUT2D eigenvalue weighted by Crippen LogP contribution is 2.26. The number of nitrogens with one attached hydrogen (secondary N) is 1. The number of benzene rings is 2. The van der Waals surface area contributed by atoms with Crippen LogP contribution >= 0.6 is 0 Å². The highest BCUT2D eigenvalue weighted by molar-refractivity contribution is 5.94. The van der Waals surface area contributed by atoms with E-state index in [0.29, 0.717) is 25.3 Å².